The Morgan fingerprint density at radius 1 is 1.27 bits per heavy atom. The van der Waals surface area contributed by atoms with Gasteiger partial charge in [-0.05, 0) is 25.3 Å². The molecule has 1 aromatic heterocycles. The second-order valence-corrected chi connectivity index (χ2v) is 8.17. The van der Waals surface area contributed by atoms with E-state index in [0.717, 1.165) is 19.4 Å². The highest BCUT2D eigenvalue weighted by atomic mass is 32.2. The molecule has 0 unspecified atom stereocenters. The number of piperidine rings is 1. The summed E-state index contributed by atoms with van der Waals surface area (Å²) in [7, 11) is -3.03. The van der Waals surface area contributed by atoms with Gasteiger partial charge in [-0.1, -0.05) is 0 Å². The van der Waals surface area contributed by atoms with Crippen molar-refractivity contribution < 1.29 is 13.2 Å². The number of carbonyl (C=O) groups excluding carboxylic acids is 1. The molecule has 120 valence electrons. The number of nitrogens with one attached hydrogen (secondary N) is 1. The van der Waals surface area contributed by atoms with E-state index in [0.29, 0.717) is 18.9 Å². The monoisotopic (exact) mass is 324 g/mol. The number of rotatable bonds is 3. The summed E-state index contributed by atoms with van der Waals surface area (Å²) < 4.78 is 22.9. The summed E-state index contributed by atoms with van der Waals surface area (Å²) in [6, 6.07) is 1.79. The van der Waals surface area contributed by atoms with Gasteiger partial charge in [0.15, 0.2) is 9.84 Å². The summed E-state index contributed by atoms with van der Waals surface area (Å²) in [5.41, 5.74) is 0. The van der Waals surface area contributed by atoms with Crippen molar-refractivity contribution in [2.45, 2.75) is 25.3 Å². The van der Waals surface area contributed by atoms with Gasteiger partial charge < -0.3 is 10.2 Å². The molecule has 8 heteroatoms. The molecule has 1 N–H and O–H groups in total. The zero-order valence-electron chi connectivity index (χ0n) is 12.3. The SMILES string of the molecule is O=C(N[C@H]1CCCN(c2ncccn2)C1)[C@@H]1CCS(=O)(=O)C1. The minimum absolute atomic E-state index is 0.0168. The standard InChI is InChI=1S/C14H20N4O3S/c19-13(11-4-8-22(20,21)10-11)17-12-3-1-7-18(9-12)14-15-5-2-6-16-14/h2,5-6,11-12H,1,3-4,7-10H2,(H,17,19)/t11-,12+/m1/s1. The van der Waals surface area contributed by atoms with Crippen LogP contribution in [0.5, 0.6) is 0 Å². The second kappa shape index (κ2) is 6.20. The van der Waals surface area contributed by atoms with Gasteiger partial charge in [0.2, 0.25) is 11.9 Å². The summed E-state index contributed by atoms with van der Waals surface area (Å²) in [4.78, 5) is 22.7. The van der Waals surface area contributed by atoms with Crippen molar-refractivity contribution in [3.63, 3.8) is 0 Å². The lowest BCUT2D eigenvalue weighted by molar-refractivity contribution is -0.125. The Hall–Kier alpha value is -1.70. The van der Waals surface area contributed by atoms with Gasteiger partial charge in [0, 0.05) is 31.5 Å². The number of sulfone groups is 1. The van der Waals surface area contributed by atoms with Gasteiger partial charge in [0.1, 0.15) is 0 Å². The summed E-state index contributed by atoms with van der Waals surface area (Å²) in [6.45, 7) is 1.53. The molecule has 22 heavy (non-hydrogen) atoms. The number of carbonyl (C=O) groups is 1. The van der Waals surface area contributed by atoms with Gasteiger partial charge >= 0.3 is 0 Å². The molecule has 7 nitrogen and oxygen atoms in total. The average Bonchev–Trinajstić information content (AvgIpc) is 2.89. The van der Waals surface area contributed by atoms with E-state index in [2.05, 4.69) is 20.2 Å². The maximum atomic E-state index is 12.2. The summed E-state index contributed by atoms with van der Waals surface area (Å²) in [5.74, 6) is 0.247. The van der Waals surface area contributed by atoms with Crippen LogP contribution in [0.3, 0.4) is 0 Å². The van der Waals surface area contributed by atoms with E-state index in [9.17, 15) is 13.2 Å². The highest BCUT2D eigenvalue weighted by molar-refractivity contribution is 7.91. The van der Waals surface area contributed by atoms with Crippen LogP contribution < -0.4 is 10.2 Å². The molecule has 1 aromatic rings. The Bertz CT molecular complexity index is 635. The first-order valence-electron chi connectivity index (χ1n) is 7.56. The lowest BCUT2D eigenvalue weighted by Gasteiger charge is -2.33. The van der Waals surface area contributed by atoms with E-state index in [1.165, 1.54) is 0 Å². The van der Waals surface area contributed by atoms with Crippen molar-refractivity contribution in [2.24, 2.45) is 5.92 Å². The highest BCUT2D eigenvalue weighted by Crippen LogP contribution is 2.20. The Kier molecular flexibility index (Phi) is 4.28. The molecular weight excluding hydrogens is 304 g/mol. The third kappa shape index (κ3) is 3.55. The van der Waals surface area contributed by atoms with E-state index in [4.69, 9.17) is 0 Å². The van der Waals surface area contributed by atoms with Crippen LogP contribution in [-0.4, -0.2) is 54.9 Å². The Morgan fingerprint density at radius 2 is 2.05 bits per heavy atom. The van der Waals surface area contributed by atoms with Crippen molar-refractivity contribution >= 4 is 21.7 Å². The van der Waals surface area contributed by atoms with E-state index < -0.39 is 15.8 Å². The molecule has 2 aliphatic rings. The van der Waals surface area contributed by atoms with Crippen LogP contribution in [0.2, 0.25) is 0 Å². The van der Waals surface area contributed by atoms with Crippen LogP contribution in [0.1, 0.15) is 19.3 Å². The Labute approximate surface area is 130 Å². The smallest absolute Gasteiger partial charge is 0.225 e. The van der Waals surface area contributed by atoms with E-state index in [-0.39, 0.29) is 23.5 Å². The van der Waals surface area contributed by atoms with E-state index in [1.807, 2.05) is 0 Å². The largest absolute Gasteiger partial charge is 0.351 e. The van der Waals surface area contributed by atoms with E-state index in [1.54, 1.807) is 18.5 Å². The average molecular weight is 324 g/mol. The summed E-state index contributed by atoms with van der Waals surface area (Å²) in [6.07, 6.45) is 5.69. The molecule has 2 atom stereocenters. The number of hydrogen-bond acceptors (Lipinski definition) is 6. The lowest BCUT2D eigenvalue weighted by atomic mass is 10.0. The molecule has 3 rings (SSSR count). The molecule has 3 heterocycles. The molecular formula is C14H20N4O3S. The number of hydrogen-bond donors (Lipinski definition) is 1. The quantitative estimate of drug-likeness (QED) is 0.841. The first kappa shape index (κ1) is 15.2. The molecule has 0 spiro atoms. The molecule has 2 fully saturated rings. The Morgan fingerprint density at radius 3 is 2.73 bits per heavy atom. The molecule has 2 saturated heterocycles. The number of nitrogens with zero attached hydrogens (tertiary/aromatic N) is 3. The van der Waals surface area contributed by atoms with Gasteiger partial charge in [-0.25, -0.2) is 18.4 Å². The minimum Gasteiger partial charge on any atom is -0.351 e. The fourth-order valence-corrected chi connectivity index (χ4v) is 4.79. The number of amides is 1. The van der Waals surface area contributed by atoms with Crippen molar-refractivity contribution in [1.82, 2.24) is 15.3 Å². The zero-order chi connectivity index (χ0) is 15.6. The first-order valence-corrected chi connectivity index (χ1v) is 9.38. The van der Waals surface area contributed by atoms with Crippen molar-refractivity contribution in [3.8, 4) is 0 Å². The topological polar surface area (TPSA) is 92.3 Å². The number of anilines is 1. The van der Waals surface area contributed by atoms with Gasteiger partial charge in [-0.2, -0.15) is 0 Å². The predicted octanol–water partition coefficient (Wildman–Crippen LogP) is -0.00370. The van der Waals surface area contributed by atoms with Crippen LogP contribution in [-0.2, 0) is 14.6 Å². The summed E-state index contributed by atoms with van der Waals surface area (Å²) in [5, 5.41) is 3.00. The summed E-state index contributed by atoms with van der Waals surface area (Å²) >= 11 is 0. The molecule has 0 aromatic carbocycles. The normalized spacial score (nSPS) is 27.5. The molecule has 0 radical (unpaired) electrons. The van der Waals surface area contributed by atoms with Crippen LogP contribution in [0, 0.1) is 5.92 Å². The fourth-order valence-electron chi connectivity index (χ4n) is 3.05. The minimum atomic E-state index is -3.03. The maximum absolute atomic E-state index is 12.2. The first-order chi connectivity index (χ1) is 10.5. The Balaban J connectivity index is 1.58. The zero-order valence-corrected chi connectivity index (χ0v) is 13.1. The third-order valence-electron chi connectivity index (χ3n) is 4.21. The van der Waals surface area contributed by atoms with Crippen LogP contribution in [0.15, 0.2) is 18.5 Å². The highest BCUT2D eigenvalue weighted by Gasteiger charge is 2.34. The second-order valence-electron chi connectivity index (χ2n) is 5.94. The molecule has 2 aliphatic heterocycles. The van der Waals surface area contributed by atoms with Crippen LogP contribution >= 0.6 is 0 Å². The van der Waals surface area contributed by atoms with Gasteiger partial charge in [0.25, 0.3) is 0 Å². The molecule has 0 aliphatic carbocycles. The number of aromatic nitrogens is 2. The van der Waals surface area contributed by atoms with Gasteiger partial charge in [0.05, 0.1) is 17.4 Å². The molecule has 0 saturated carbocycles. The van der Waals surface area contributed by atoms with Crippen molar-refractivity contribution in [2.75, 3.05) is 29.5 Å². The lowest BCUT2D eigenvalue weighted by Crippen LogP contribution is -2.49. The molecule has 0 bridgehead atoms. The fraction of sp³-hybridized carbons (Fsp3) is 0.643. The van der Waals surface area contributed by atoms with Crippen molar-refractivity contribution in [3.05, 3.63) is 18.5 Å². The van der Waals surface area contributed by atoms with E-state index >= 15 is 0 Å². The predicted molar refractivity (Wildman–Crippen MR) is 82.2 cm³/mol. The maximum Gasteiger partial charge on any atom is 0.225 e. The van der Waals surface area contributed by atoms with Crippen LogP contribution in [0.25, 0.3) is 0 Å². The van der Waals surface area contributed by atoms with Crippen LogP contribution in [0.4, 0.5) is 5.95 Å². The van der Waals surface area contributed by atoms with Gasteiger partial charge in [-0.3, -0.25) is 4.79 Å². The molecule has 1 amide bonds. The van der Waals surface area contributed by atoms with Gasteiger partial charge in [-0.15, -0.1) is 0 Å². The van der Waals surface area contributed by atoms with Crippen molar-refractivity contribution in [1.29, 1.82) is 0 Å². The third-order valence-corrected chi connectivity index (χ3v) is 5.97.